The zero-order valence-corrected chi connectivity index (χ0v) is 12.1. The van der Waals surface area contributed by atoms with Crippen molar-refractivity contribution >= 4 is 29.2 Å². The summed E-state index contributed by atoms with van der Waals surface area (Å²) in [5, 5.41) is 12.3. The van der Waals surface area contributed by atoms with Crippen molar-refractivity contribution in [3.8, 4) is 6.07 Å². The maximum absolute atomic E-state index is 11.1. The monoisotopic (exact) mass is 300 g/mol. The Morgan fingerprint density at radius 2 is 2.14 bits per heavy atom. The van der Waals surface area contributed by atoms with Crippen LogP contribution < -0.4 is 5.32 Å². The number of nitrogens with zero attached hydrogens (tertiary/aromatic N) is 3. The highest BCUT2D eigenvalue weighted by Crippen LogP contribution is 2.18. The van der Waals surface area contributed by atoms with Crippen molar-refractivity contribution in [3.63, 3.8) is 0 Å². The first-order valence-electron chi connectivity index (χ1n) is 6.01. The molecule has 1 heterocycles. The van der Waals surface area contributed by atoms with Crippen LogP contribution >= 0.6 is 11.8 Å². The third-order valence-electron chi connectivity index (χ3n) is 2.47. The van der Waals surface area contributed by atoms with E-state index in [9.17, 15) is 4.79 Å². The van der Waals surface area contributed by atoms with Gasteiger partial charge in [-0.2, -0.15) is 5.26 Å². The number of anilines is 2. The number of nitrogens with one attached hydrogen (secondary N) is 1. The molecule has 7 heteroatoms. The second-order valence-corrected chi connectivity index (χ2v) is 4.85. The molecule has 0 unspecified atom stereocenters. The van der Waals surface area contributed by atoms with Gasteiger partial charge in [0, 0.05) is 11.9 Å². The third-order valence-corrected chi connectivity index (χ3v) is 3.30. The molecule has 0 aliphatic heterocycles. The molecule has 0 aliphatic carbocycles. The predicted octanol–water partition coefficient (Wildman–Crippen LogP) is 2.36. The number of ether oxygens (including phenoxy) is 1. The summed E-state index contributed by atoms with van der Waals surface area (Å²) in [6.45, 7) is 0. The van der Waals surface area contributed by atoms with Crippen LogP contribution in [0.1, 0.15) is 5.56 Å². The van der Waals surface area contributed by atoms with Crippen LogP contribution in [0.4, 0.5) is 11.5 Å². The fourth-order valence-electron chi connectivity index (χ4n) is 1.44. The van der Waals surface area contributed by atoms with Crippen molar-refractivity contribution in [3.05, 3.63) is 42.1 Å². The van der Waals surface area contributed by atoms with Crippen LogP contribution in [0.5, 0.6) is 0 Å². The summed E-state index contributed by atoms with van der Waals surface area (Å²) in [4.78, 5) is 19.4. The average Bonchev–Trinajstić information content (AvgIpc) is 2.53. The van der Waals surface area contributed by atoms with Crippen LogP contribution in [0.2, 0.25) is 0 Å². The molecule has 0 aliphatic rings. The Kier molecular flexibility index (Phi) is 5.12. The summed E-state index contributed by atoms with van der Waals surface area (Å²) < 4.78 is 4.56. The van der Waals surface area contributed by atoms with E-state index in [1.807, 2.05) is 0 Å². The number of hydrogen-bond acceptors (Lipinski definition) is 7. The Balaban J connectivity index is 2.03. The second-order valence-electron chi connectivity index (χ2n) is 3.90. The number of nitriles is 1. The first-order valence-corrected chi connectivity index (χ1v) is 6.99. The molecule has 1 N–H and O–H groups in total. The van der Waals surface area contributed by atoms with E-state index in [1.54, 1.807) is 36.5 Å². The lowest BCUT2D eigenvalue weighted by molar-refractivity contribution is -0.137. The minimum atomic E-state index is -0.325. The number of hydrogen-bond donors (Lipinski definition) is 1. The van der Waals surface area contributed by atoms with Gasteiger partial charge in [-0.05, 0) is 30.3 Å². The van der Waals surface area contributed by atoms with Crippen molar-refractivity contribution in [2.24, 2.45) is 0 Å². The second kappa shape index (κ2) is 7.26. The molecule has 0 bridgehead atoms. The van der Waals surface area contributed by atoms with Gasteiger partial charge in [0.1, 0.15) is 5.82 Å². The lowest BCUT2D eigenvalue weighted by Crippen LogP contribution is -2.04. The van der Waals surface area contributed by atoms with E-state index < -0.39 is 0 Å². The number of carbonyl (C=O) groups is 1. The van der Waals surface area contributed by atoms with E-state index >= 15 is 0 Å². The molecular formula is C14H12N4O2S. The highest BCUT2D eigenvalue weighted by molar-refractivity contribution is 7.99. The molecule has 2 rings (SSSR count). The van der Waals surface area contributed by atoms with E-state index in [-0.39, 0.29) is 11.7 Å². The number of carbonyl (C=O) groups excluding carboxylic acids is 1. The lowest BCUT2D eigenvalue weighted by Gasteiger charge is -2.06. The third kappa shape index (κ3) is 4.47. The van der Waals surface area contributed by atoms with E-state index in [4.69, 9.17) is 5.26 Å². The van der Waals surface area contributed by atoms with Gasteiger partial charge in [-0.25, -0.2) is 9.97 Å². The molecule has 0 atom stereocenters. The van der Waals surface area contributed by atoms with Gasteiger partial charge in [0.25, 0.3) is 0 Å². The van der Waals surface area contributed by atoms with Crippen molar-refractivity contribution in [2.45, 2.75) is 5.16 Å². The molecule has 21 heavy (non-hydrogen) atoms. The maximum atomic E-state index is 11.1. The Bertz CT molecular complexity index is 667. The van der Waals surface area contributed by atoms with Crippen molar-refractivity contribution < 1.29 is 9.53 Å². The molecule has 6 nitrogen and oxygen atoms in total. The highest BCUT2D eigenvalue weighted by atomic mass is 32.2. The predicted molar refractivity (Wildman–Crippen MR) is 79.2 cm³/mol. The molecule has 0 saturated heterocycles. The summed E-state index contributed by atoms with van der Waals surface area (Å²) in [6, 6.07) is 10.8. The fourth-order valence-corrected chi connectivity index (χ4v) is 2.10. The Labute approximate surface area is 126 Å². The minimum Gasteiger partial charge on any atom is -0.468 e. The number of rotatable bonds is 5. The SMILES string of the molecule is COC(=O)CSc1nccc(Nc2ccc(C#N)cc2)n1. The zero-order valence-electron chi connectivity index (χ0n) is 11.2. The number of benzene rings is 1. The van der Waals surface area contributed by atoms with Gasteiger partial charge in [0.2, 0.25) is 0 Å². The molecular weight excluding hydrogens is 288 g/mol. The van der Waals surface area contributed by atoms with Gasteiger partial charge in [0.15, 0.2) is 5.16 Å². The van der Waals surface area contributed by atoms with Gasteiger partial charge in [-0.15, -0.1) is 0 Å². The molecule has 0 spiro atoms. The molecule has 1 aromatic heterocycles. The number of aromatic nitrogens is 2. The normalized spacial score (nSPS) is 9.71. The van der Waals surface area contributed by atoms with E-state index in [0.29, 0.717) is 16.5 Å². The van der Waals surface area contributed by atoms with Gasteiger partial charge < -0.3 is 10.1 Å². The minimum absolute atomic E-state index is 0.164. The lowest BCUT2D eigenvalue weighted by atomic mass is 10.2. The topological polar surface area (TPSA) is 87.9 Å². The summed E-state index contributed by atoms with van der Waals surface area (Å²) >= 11 is 1.20. The van der Waals surface area contributed by atoms with Crippen molar-refractivity contribution in [2.75, 3.05) is 18.2 Å². The number of thioether (sulfide) groups is 1. The molecule has 0 radical (unpaired) electrons. The van der Waals surface area contributed by atoms with Crippen LogP contribution in [-0.2, 0) is 9.53 Å². The van der Waals surface area contributed by atoms with Gasteiger partial charge in [-0.1, -0.05) is 11.8 Å². The largest absolute Gasteiger partial charge is 0.468 e. The smallest absolute Gasteiger partial charge is 0.316 e. The number of esters is 1. The molecule has 0 fully saturated rings. The summed E-state index contributed by atoms with van der Waals surface area (Å²) in [7, 11) is 1.34. The zero-order chi connectivity index (χ0) is 15.1. The first kappa shape index (κ1) is 14.8. The summed E-state index contributed by atoms with van der Waals surface area (Å²) in [5.41, 5.74) is 1.41. The quantitative estimate of drug-likeness (QED) is 0.515. The highest BCUT2D eigenvalue weighted by Gasteiger charge is 2.05. The van der Waals surface area contributed by atoms with Crippen molar-refractivity contribution in [1.82, 2.24) is 9.97 Å². The molecule has 0 saturated carbocycles. The van der Waals surface area contributed by atoms with Crippen LogP contribution in [0.25, 0.3) is 0 Å². The molecule has 2 aromatic rings. The first-order chi connectivity index (χ1) is 10.2. The summed E-state index contributed by atoms with van der Waals surface area (Å²) in [5.74, 6) is 0.452. The van der Waals surface area contributed by atoms with Gasteiger partial charge in [0.05, 0.1) is 24.5 Å². The Morgan fingerprint density at radius 1 is 1.38 bits per heavy atom. The van der Waals surface area contributed by atoms with Crippen molar-refractivity contribution in [1.29, 1.82) is 5.26 Å². The Morgan fingerprint density at radius 3 is 2.81 bits per heavy atom. The molecule has 106 valence electrons. The van der Waals surface area contributed by atoms with Gasteiger partial charge in [-0.3, -0.25) is 4.79 Å². The standard InChI is InChI=1S/C14H12N4O2S/c1-20-13(19)9-21-14-16-7-6-12(18-14)17-11-4-2-10(8-15)3-5-11/h2-7H,9H2,1H3,(H,16,17,18). The molecule has 1 aromatic carbocycles. The average molecular weight is 300 g/mol. The van der Waals surface area contributed by atoms with Gasteiger partial charge >= 0.3 is 5.97 Å². The van der Waals surface area contributed by atoms with E-state index in [2.05, 4.69) is 26.1 Å². The number of methoxy groups -OCH3 is 1. The summed E-state index contributed by atoms with van der Waals surface area (Å²) in [6.07, 6.45) is 1.61. The van der Waals surface area contributed by atoms with E-state index in [1.165, 1.54) is 18.9 Å². The van der Waals surface area contributed by atoms with E-state index in [0.717, 1.165) is 5.69 Å². The fraction of sp³-hybridized carbons (Fsp3) is 0.143. The maximum Gasteiger partial charge on any atom is 0.316 e. The van der Waals surface area contributed by atoms with Crippen LogP contribution in [0.15, 0.2) is 41.7 Å². The van der Waals surface area contributed by atoms with Crippen LogP contribution in [0.3, 0.4) is 0 Å². The van der Waals surface area contributed by atoms with Crippen LogP contribution in [-0.4, -0.2) is 28.8 Å². The Hall–Kier alpha value is -2.59. The van der Waals surface area contributed by atoms with Crippen LogP contribution in [0, 0.1) is 11.3 Å². The molecule has 0 amide bonds.